The third kappa shape index (κ3) is 3.19. The van der Waals surface area contributed by atoms with Gasteiger partial charge in [0.15, 0.2) is 0 Å². The Hall–Kier alpha value is -2.16. The zero-order valence-electron chi connectivity index (χ0n) is 10.9. The smallest absolute Gasteiger partial charge is 0.346 e. The van der Waals surface area contributed by atoms with Crippen LogP contribution in [0.1, 0.15) is 35.7 Å². The number of carbonyl (C=O) groups excluding carboxylic acids is 1. The number of hydrogen-bond donors (Lipinski definition) is 0. The minimum absolute atomic E-state index is 0.0598. The first-order valence-electron chi connectivity index (χ1n) is 6.14. The van der Waals surface area contributed by atoms with Gasteiger partial charge in [0.25, 0.3) is 0 Å². The Morgan fingerprint density at radius 3 is 2.26 bits per heavy atom. The Labute approximate surface area is 111 Å². The maximum atomic E-state index is 13.4. The molecule has 2 aromatic rings. The van der Waals surface area contributed by atoms with Gasteiger partial charge in [-0.25, -0.2) is 9.18 Å². The van der Waals surface area contributed by atoms with Crippen LogP contribution in [0.3, 0.4) is 0 Å². The monoisotopic (exact) mass is 258 g/mol. The third-order valence-electron chi connectivity index (χ3n) is 2.85. The fourth-order valence-corrected chi connectivity index (χ4v) is 1.71. The van der Waals surface area contributed by atoms with E-state index in [9.17, 15) is 9.18 Å². The van der Waals surface area contributed by atoms with Crippen LogP contribution in [0.5, 0.6) is 5.75 Å². The average molecular weight is 258 g/mol. The van der Waals surface area contributed by atoms with Crippen LogP contribution in [-0.4, -0.2) is 5.97 Å². The highest BCUT2D eigenvalue weighted by molar-refractivity contribution is 5.91. The maximum Gasteiger partial charge on any atom is 0.346 e. The largest absolute Gasteiger partial charge is 0.423 e. The second-order valence-electron chi connectivity index (χ2n) is 4.59. The van der Waals surface area contributed by atoms with Gasteiger partial charge in [0.05, 0.1) is 5.56 Å². The fraction of sp³-hybridized carbons (Fsp3) is 0.188. The van der Waals surface area contributed by atoms with E-state index in [1.807, 2.05) is 12.1 Å². The normalized spacial score (nSPS) is 10.5. The van der Waals surface area contributed by atoms with Crippen molar-refractivity contribution in [1.82, 2.24) is 0 Å². The number of carbonyl (C=O) groups is 1. The molecule has 0 fully saturated rings. The van der Waals surface area contributed by atoms with Gasteiger partial charge in [0.2, 0.25) is 0 Å². The first-order valence-corrected chi connectivity index (χ1v) is 6.14. The highest BCUT2D eigenvalue weighted by Crippen LogP contribution is 2.19. The first kappa shape index (κ1) is 13.3. The van der Waals surface area contributed by atoms with Crippen molar-refractivity contribution >= 4 is 5.97 Å². The highest BCUT2D eigenvalue weighted by Gasteiger charge is 2.13. The third-order valence-corrected chi connectivity index (χ3v) is 2.85. The van der Waals surface area contributed by atoms with E-state index in [1.165, 1.54) is 18.2 Å². The molecule has 19 heavy (non-hydrogen) atoms. The molecule has 0 heterocycles. The molecular formula is C16H15FO2. The van der Waals surface area contributed by atoms with Gasteiger partial charge in [0, 0.05) is 0 Å². The molecule has 0 radical (unpaired) electrons. The van der Waals surface area contributed by atoms with Crippen LogP contribution >= 0.6 is 0 Å². The molecule has 0 N–H and O–H groups in total. The van der Waals surface area contributed by atoms with Gasteiger partial charge in [-0.1, -0.05) is 38.1 Å². The van der Waals surface area contributed by atoms with Gasteiger partial charge in [-0.2, -0.15) is 0 Å². The second kappa shape index (κ2) is 5.65. The van der Waals surface area contributed by atoms with Crippen LogP contribution in [0.25, 0.3) is 0 Å². The summed E-state index contributed by atoms with van der Waals surface area (Å²) in [6.07, 6.45) is 0. The van der Waals surface area contributed by atoms with E-state index in [4.69, 9.17) is 4.74 Å². The lowest BCUT2D eigenvalue weighted by Gasteiger charge is -2.08. The summed E-state index contributed by atoms with van der Waals surface area (Å²) in [7, 11) is 0. The number of hydrogen-bond acceptors (Lipinski definition) is 2. The standard InChI is InChI=1S/C16H15FO2/c1-11(2)12-7-9-13(10-8-12)19-16(18)14-5-3-4-6-15(14)17/h3-11H,1-2H3. The van der Waals surface area contributed by atoms with E-state index >= 15 is 0 Å². The first-order chi connectivity index (χ1) is 9.08. The lowest BCUT2D eigenvalue weighted by atomic mass is 10.0. The molecule has 2 rings (SSSR count). The summed E-state index contributed by atoms with van der Waals surface area (Å²) >= 11 is 0. The molecule has 0 bridgehead atoms. The van der Waals surface area contributed by atoms with Gasteiger partial charge in [-0.15, -0.1) is 0 Å². The number of esters is 1. The Kier molecular flexibility index (Phi) is 3.95. The van der Waals surface area contributed by atoms with Crippen LogP contribution in [0.4, 0.5) is 4.39 Å². The SMILES string of the molecule is CC(C)c1ccc(OC(=O)c2ccccc2F)cc1. The van der Waals surface area contributed by atoms with E-state index in [-0.39, 0.29) is 5.56 Å². The topological polar surface area (TPSA) is 26.3 Å². The van der Waals surface area contributed by atoms with Crippen molar-refractivity contribution < 1.29 is 13.9 Å². The molecule has 0 atom stereocenters. The van der Waals surface area contributed by atoms with E-state index in [2.05, 4.69) is 13.8 Å². The zero-order valence-corrected chi connectivity index (χ0v) is 10.9. The summed E-state index contributed by atoms with van der Waals surface area (Å²) in [6.45, 7) is 4.17. The molecule has 0 aliphatic carbocycles. The molecule has 0 aliphatic heterocycles. The molecule has 0 aromatic heterocycles. The van der Waals surface area contributed by atoms with Gasteiger partial charge in [0.1, 0.15) is 11.6 Å². The number of rotatable bonds is 3. The quantitative estimate of drug-likeness (QED) is 0.610. The maximum absolute atomic E-state index is 13.4. The molecule has 2 nitrogen and oxygen atoms in total. The van der Waals surface area contributed by atoms with E-state index < -0.39 is 11.8 Å². The zero-order chi connectivity index (χ0) is 13.8. The Balaban J connectivity index is 2.13. The lowest BCUT2D eigenvalue weighted by molar-refractivity contribution is 0.0730. The molecule has 0 spiro atoms. The van der Waals surface area contributed by atoms with Crippen LogP contribution in [0.2, 0.25) is 0 Å². The van der Waals surface area contributed by atoms with Crippen LogP contribution in [0.15, 0.2) is 48.5 Å². The van der Waals surface area contributed by atoms with Gasteiger partial charge >= 0.3 is 5.97 Å². The lowest BCUT2D eigenvalue weighted by Crippen LogP contribution is -2.10. The minimum atomic E-state index is -0.685. The number of halogens is 1. The van der Waals surface area contributed by atoms with Crippen LogP contribution in [0, 0.1) is 5.82 Å². The highest BCUT2D eigenvalue weighted by atomic mass is 19.1. The summed E-state index contributed by atoms with van der Waals surface area (Å²) in [6, 6.07) is 13.0. The summed E-state index contributed by atoms with van der Waals surface area (Å²) in [5, 5.41) is 0. The average Bonchev–Trinajstić information content (AvgIpc) is 2.39. The van der Waals surface area contributed by atoms with Gasteiger partial charge in [-0.05, 0) is 35.7 Å². The van der Waals surface area contributed by atoms with Crippen molar-refractivity contribution in [2.45, 2.75) is 19.8 Å². The summed E-state index contributed by atoms with van der Waals surface area (Å²) in [4.78, 5) is 11.8. The second-order valence-corrected chi connectivity index (χ2v) is 4.59. The molecular weight excluding hydrogens is 243 g/mol. The predicted octanol–water partition coefficient (Wildman–Crippen LogP) is 4.17. The Bertz CT molecular complexity index is 574. The molecule has 98 valence electrons. The molecule has 2 aromatic carbocycles. The molecule has 0 saturated heterocycles. The minimum Gasteiger partial charge on any atom is -0.423 e. The molecule has 0 saturated carbocycles. The molecule has 0 aliphatic rings. The van der Waals surface area contributed by atoms with Crippen LogP contribution in [-0.2, 0) is 0 Å². The molecule has 3 heteroatoms. The van der Waals surface area contributed by atoms with Crippen molar-refractivity contribution in [2.75, 3.05) is 0 Å². The van der Waals surface area contributed by atoms with Gasteiger partial charge < -0.3 is 4.74 Å². The number of ether oxygens (including phenoxy) is 1. The van der Waals surface area contributed by atoms with Gasteiger partial charge in [-0.3, -0.25) is 0 Å². The predicted molar refractivity (Wildman–Crippen MR) is 71.9 cm³/mol. The molecule has 0 amide bonds. The van der Waals surface area contributed by atoms with Crippen molar-refractivity contribution in [3.05, 3.63) is 65.5 Å². The van der Waals surface area contributed by atoms with Crippen molar-refractivity contribution in [2.24, 2.45) is 0 Å². The summed E-state index contributed by atoms with van der Waals surface area (Å²) < 4.78 is 18.5. The van der Waals surface area contributed by atoms with E-state index in [0.29, 0.717) is 11.7 Å². The van der Waals surface area contributed by atoms with Crippen molar-refractivity contribution in [3.8, 4) is 5.75 Å². The number of benzene rings is 2. The van der Waals surface area contributed by atoms with Crippen LogP contribution < -0.4 is 4.74 Å². The van der Waals surface area contributed by atoms with Crippen molar-refractivity contribution in [1.29, 1.82) is 0 Å². The Morgan fingerprint density at radius 2 is 1.68 bits per heavy atom. The summed E-state index contributed by atoms with van der Waals surface area (Å²) in [5.74, 6) is -0.435. The van der Waals surface area contributed by atoms with E-state index in [1.54, 1.807) is 18.2 Å². The van der Waals surface area contributed by atoms with Crippen molar-refractivity contribution in [3.63, 3.8) is 0 Å². The summed E-state index contributed by atoms with van der Waals surface area (Å²) in [5.41, 5.74) is 1.10. The fourth-order valence-electron chi connectivity index (χ4n) is 1.71. The Morgan fingerprint density at radius 1 is 1.05 bits per heavy atom. The molecule has 0 unspecified atom stereocenters. The van der Waals surface area contributed by atoms with E-state index in [0.717, 1.165) is 5.56 Å².